The minimum absolute atomic E-state index is 0.259. The van der Waals surface area contributed by atoms with Crippen LogP contribution in [0.15, 0.2) is 42.5 Å². The Labute approximate surface area is 128 Å². The van der Waals surface area contributed by atoms with Gasteiger partial charge in [0.15, 0.2) is 0 Å². The second-order valence-corrected chi connectivity index (χ2v) is 4.99. The first-order valence-electron chi connectivity index (χ1n) is 6.70. The van der Waals surface area contributed by atoms with Gasteiger partial charge in [-0.2, -0.15) is 0 Å². The van der Waals surface area contributed by atoms with Crippen molar-refractivity contribution in [2.24, 2.45) is 0 Å². The smallest absolute Gasteiger partial charge is 0.255 e. The molecule has 0 radical (unpaired) electrons. The Balaban J connectivity index is 2.07. The lowest BCUT2D eigenvalue weighted by atomic mass is 10.2. The highest BCUT2D eigenvalue weighted by Gasteiger charge is 2.09. The van der Waals surface area contributed by atoms with Gasteiger partial charge in [-0.05, 0) is 48.9 Å². The molecule has 0 aliphatic rings. The Bertz CT molecular complexity index is 629. The molecule has 0 aliphatic carbocycles. The lowest BCUT2D eigenvalue weighted by Crippen LogP contribution is -2.12. The molecule has 0 saturated heterocycles. The molecule has 2 aromatic rings. The van der Waals surface area contributed by atoms with E-state index in [1.165, 1.54) is 18.2 Å². The summed E-state index contributed by atoms with van der Waals surface area (Å²) in [6.45, 7) is 2.96. The molecule has 0 saturated carbocycles. The van der Waals surface area contributed by atoms with Crippen molar-refractivity contribution in [1.29, 1.82) is 0 Å². The molecule has 2 aromatic carbocycles. The molecular formula is C16H16ClFN2O. The number of nitrogens with one attached hydrogen (secondary N) is 2. The predicted molar refractivity (Wildman–Crippen MR) is 84.6 cm³/mol. The quantitative estimate of drug-likeness (QED) is 0.850. The minimum atomic E-state index is -0.450. The molecule has 0 heterocycles. The fourth-order valence-electron chi connectivity index (χ4n) is 1.80. The number of carbonyl (C=O) groups is 1. The second kappa shape index (κ2) is 7.09. The average molecular weight is 307 g/mol. The van der Waals surface area contributed by atoms with E-state index in [1.807, 2.05) is 12.1 Å². The van der Waals surface area contributed by atoms with Crippen LogP contribution >= 0.6 is 11.6 Å². The fraction of sp³-hybridized carbons (Fsp3) is 0.188. The van der Waals surface area contributed by atoms with Crippen LogP contribution in [0.5, 0.6) is 0 Å². The van der Waals surface area contributed by atoms with Gasteiger partial charge in [-0.25, -0.2) is 4.39 Å². The number of anilines is 2. The highest BCUT2D eigenvalue weighted by molar-refractivity contribution is 6.33. The van der Waals surface area contributed by atoms with Crippen LogP contribution in [0.25, 0.3) is 0 Å². The number of hydrogen-bond acceptors (Lipinski definition) is 2. The molecule has 0 aromatic heterocycles. The number of amides is 1. The molecule has 0 spiro atoms. The maximum absolute atomic E-state index is 13.2. The molecule has 1 amide bonds. The van der Waals surface area contributed by atoms with E-state index in [9.17, 15) is 9.18 Å². The van der Waals surface area contributed by atoms with Gasteiger partial charge in [-0.3, -0.25) is 4.79 Å². The van der Waals surface area contributed by atoms with Crippen molar-refractivity contribution in [3.05, 3.63) is 58.9 Å². The van der Waals surface area contributed by atoms with Gasteiger partial charge in [0.25, 0.3) is 5.91 Å². The number of rotatable bonds is 5. The Kier molecular flexibility index (Phi) is 5.17. The van der Waals surface area contributed by atoms with Crippen molar-refractivity contribution < 1.29 is 9.18 Å². The zero-order valence-electron chi connectivity index (χ0n) is 11.6. The Morgan fingerprint density at radius 2 is 1.90 bits per heavy atom. The summed E-state index contributed by atoms with van der Waals surface area (Å²) in [4.78, 5) is 12.1. The average Bonchev–Trinajstić information content (AvgIpc) is 2.49. The molecule has 21 heavy (non-hydrogen) atoms. The maximum Gasteiger partial charge on any atom is 0.255 e. The highest BCUT2D eigenvalue weighted by Crippen LogP contribution is 2.23. The Morgan fingerprint density at radius 1 is 1.19 bits per heavy atom. The first kappa shape index (κ1) is 15.3. The molecule has 0 atom stereocenters. The van der Waals surface area contributed by atoms with E-state index in [0.29, 0.717) is 10.6 Å². The van der Waals surface area contributed by atoms with Crippen LogP contribution in [-0.4, -0.2) is 12.5 Å². The van der Waals surface area contributed by atoms with Crippen molar-refractivity contribution in [3.8, 4) is 0 Å². The lowest BCUT2D eigenvalue weighted by Gasteiger charge is -2.09. The van der Waals surface area contributed by atoms with Gasteiger partial charge >= 0.3 is 0 Å². The van der Waals surface area contributed by atoms with E-state index in [0.717, 1.165) is 18.7 Å². The van der Waals surface area contributed by atoms with Gasteiger partial charge < -0.3 is 10.6 Å². The van der Waals surface area contributed by atoms with Gasteiger partial charge in [0.2, 0.25) is 0 Å². The summed E-state index contributed by atoms with van der Waals surface area (Å²) in [6, 6.07) is 10.9. The summed E-state index contributed by atoms with van der Waals surface area (Å²) >= 11 is 5.92. The van der Waals surface area contributed by atoms with Crippen molar-refractivity contribution in [3.63, 3.8) is 0 Å². The maximum atomic E-state index is 13.2. The van der Waals surface area contributed by atoms with E-state index in [-0.39, 0.29) is 11.6 Å². The first-order chi connectivity index (χ1) is 10.1. The van der Waals surface area contributed by atoms with Gasteiger partial charge in [0.1, 0.15) is 5.82 Å². The molecule has 110 valence electrons. The second-order valence-electron chi connectivity index (χ2n) is 4.58. The van der Waals surface area contributed by atoms with Crippen LogP contribution in [0.2, 0.25) is 5.02 Å². The van der Waals surface area contributed by atoms with Crippen LogP contribution < -0.4 is 10.6 Å². The van der Waals surface area contributed by atoms with Crippen LogP contribution in [0.3, 0.4) is 0 Å². The molecule has 2 N–H and O–H groups in total. The molecule has 3 nitrogen and oxygen atoms in total. The van der Waals surface area contributed by atoms with E-state index < -0.39 is 5.82 Å². The predicted octanol–water partition coefficient (Wildman–Crippen LogP) is 4.55. The minimum Gasteiger partial charge on any atom is -0.385 e. The molecule has 0 aliphatic heterocycles. The van der Waals surface area contributed by atoms with Gasteiger partial charge in [0.05, 0.1) is 10.7 Å². The third-order valence-corrected chi connectivity index (χ3v) is 3.23. The van der Waals surface area contributed by atoms with Crippen LogP contribution in [0, 0.1) is 5.82 Å². The van der Waals surface area contributed by atoms with E-state index >= 15 is 0 Å². The third kappa shape index (κ3) is 4.20. The van der Waals surface area contributed by atoms with Crippen LogP contribution in [-0.2, 0) is 0 Å². The third-order valence-electron chi connectivity index (χ3n) is 2.90. The fourth-order valence-corrected chi connectivity index (χ4v) is 1.96. The molecule has 0 unspecified atom stereocenters. The summed E-state index contributed by atoms with van der Waals surface area (Å²) in [5.74, 6) is -0.779. The summed E-state index contributed by atoms with van der Waals surface area (Å²) < 4.78 is 13.2. The van der Waals surface area contributed by atoms with E-state index in [1.54, 1.807) is 12.1 Å². The van der Waals surface area contributed by atoms with Crippen LogP contribution in [0.1, 0.15) is 23.7 Å². The van der Waals surface area contributed by atoms with E-state index in [2.05, 4.69) is 17.6 Å². The van der Waals surface area contributed by atoms with E-state index in [4.69, 9.17) is 11.6 Å². The summed E-state index contributed by atoms with van der Waals surface area (Å²) in [5, 5.41) is 6.12. The number of benzene rings is 2. The standard InChI is InChI=1S/C16H16ClFN2O/c1-2-9-19-13-6-3-11(4-7-13)16(21)20-15-10-12(18)5-8-14(15)17/h3-8,10,19H,2,9H2,1H3,(H,20,21). The van der Waals surface area contributed by atoms with Crippen molar-refractivity contribution in [2.45, 2.75) is 13.3 Å². The summed E-state index contributed by atoms with van der Waals surface area (Å²) in [6.07, 6.45) is 1.03. The first-order valence-corrected chi connectivity index (χ1v) is 7.08. The topological polar surface area (TPSA) is 41.1 Å². The van der Waals surface area contributed by atoms with Crippen molar-refractivity contribution >= 4 is 28.9 Å². The number of halogens is 2. The molecule has 2 rings (SSSR count). The van der Waals surface area contributed by atoms with Crippen LogP contribution in [0.4, 0.5) is 15.8 Å². The van der Waals surface area contributed by atoms with Crippen molar-refractivity contribution in [1.82, 2.24) is 0 Å². The molecule has 0 bridgehead atoms. The molecule has 5 heteroatoms. The largest absolute Gasteiger partial charge is 0.385 e. The molecular weight excluding hydrogens is 291 g/mol. The SMILES string of the molecule is CCCNc1ccc(C(=O)Nc2cc(F)ccc2Cl)cc1. The summed E-state index contributed by atoms with van der Waals surface area (Å²) in [5.41, 5.74) is 1.70. The van der Waals surface area contributed by atoms with Gasteiger partial charge in [-0.15, -0.1) is 0 Å². The van der Waals surface area contributed by atoms with Crippen molar-refractivity contribution in [2.75, 3.05) is 17.2 Å². The zero-order chi connectivity index (χ0) is 15.2. The summed E-state index contributed by atoms with van der Waals surface area (Å²) in [7, 11) is 0. The number of carbonyl (C=O) groups excluding carboxylic acids is 1. The lowest BCUT2D eigenvalue weighted by molar-refractivity contribution is 0.102. The highest BCUT2D eigenvalue weighted by atomic mass is 35.5. The molecule has 0 fully saturated rings. The van der Waals surface area contributed by atoms with Gasteiger partial charge in [-0.1, -0.05) is 18.5 Å². The number of hydrogen-bond donors (Lipinski definition) is 2. The van der Waals surface area contributed by atoms with Gasteiger partial charge in [0, 0.05) is 17.8 Å². The zero-order valence-corrected chi connectivity index (χ0v) is 12.4. The normalized spacial score (nSPS) is 10.2. The Morgan fingerprint density at radius 3 is 2.57 bits per heavy atom. The monoisotopic (exact) mass is 306 g/mol. The Hall–Kier alpha value is -2.07.